The van der Waals surface area contributed by atoms with Crippen molar-refractivity contribution in [1.29, 1.82) is 0 Å². The van der Waals surface area contributed by atoms with Crippen molar-refractivity contribution in [2.45, 2.75) is 58.5 Å². The molecule has 1 heterocycles. The highest BCUT2D eigenvalue weighted by atomic mass is 32.2. The van der Waals surface area contributed by atoms with E-state index in [9.17, 15) is 0 Å². The molecule has 0 spiro atoms. The molecular weight excluding hydrogens is 192 g/mol. The number of aliphatic imine (C=N–C) groups is 1. The van der Waals surface area contributed by atoms with Crippen molar-refractivity contribution in [3.05, 3.63) is 0 Å². The van der Waals surface area contributed by atoms with Crippen molar-refractivity contribution in [2.75, 3.05) is 5.75 Å². The van der Waals surface area contributed by atoms with E-state index in [1.165, 1.54) is 25.7 Å². The van der Waals surface area contributed by atoms with Gasteiger partial charge in [0.05, 0.1) is 6.04 Å². The molecule has 3 heteroatoms. The number of thioether (sulfide) groups is 1. The second-order valence-corrected chi connectivity index (χ2v) is 5.14. The third kappa shape index (κ3) is 4.36. The van der Waals surface area contributed by atoms with Gasteiger partial charge in [-0.25, -0.2) is 0 Å². The highest BCUT2D eigenvalue weighted by molar-refractivity contribution is 8.14. The Balaban J connectivity index is 2.13. The minimum atomic E-state index is 0.505. The molecule has 14 heavy (non-hydrogen) atoms. The number of hydrogen-bond acceptors (Lipinski definition) is 3. The fraction of sp³-hybridized carbons (Fsp3) is 0.909. The molecule has 1 aliphatic rings. The van der Waals surface area contributed by atoms with Crippen LogP contribution in [0.15, 0.2) is 4.99 Å². The summed E-state index contributed by atoms with van der Waals surface area (Å²) in [4.78, 5) is 4.53. The average molecular weight is 214 g/mol. The van der Waals surface area contributed by atoms with Gasteiger partial charge in [-0.15, -0.1) is 0 Å². The maximum absolute atomic E-state index is 4.53. The van der Waals surface area contributed by atoms with Crippen LogP contribution in [0, 0.1) is 0 Å². The highest BCUT2D eigenvalue weighted by Crippen LogP contribution is 2.16. The van der Waals surface area contributed by atoms with Gasteiger partial charge in [-0.3, -0.25) is 4.99 Å². The van der Waals surface area contributed by atoms with Gasteiger partial charge in [0.25, 0.3) is 0 Å². The summed E-state index contributed by atoms with van der Waals surface area (Å²) >= 11 is 1.86. The molecule has 0 fully saturated rings. The molecule has 2 nitrogen and oxygen atoms in total. The summed E-state index contributed by atoms with van der Waals surface area (Å²) in [6.45, 7) is 6.67. The number of nitrogens with one attached hydrogen (secondary N) is 1. The minimum Gasteiger partial charge on any atom is -0.362 e. The van der Waals surface area contributed by atoms with E-state index in [4.69, 9.17) is 0 Å². The lowest BCUT2D eigenvalue weighted by Gasteiger charge is -2.13. The van der Waals surface area contributed by atoms with E-state index in [0.717, 1.165) is 10.9 Å². The second kappa shape index (κ2) is 6.33. The molecule has 0 aromatic heterocycles. The summed E-state index contributed by atoms with van der Waals surface area (Å²) in [5.41, 5.74) is 0. The van der Waals surface area contributed by atoms with E-state index in [1.54, 1.807) is 0 Å². The first kappa shape index (κ1) is 11.9. The van der Waals surface area contributed by atoms with Crippen molar-refractivity contribution in [3.63, 3.8) is 0 Å². The lowest BCUT2D eigenvalue weighted by Crippen LogP contribution is -2.29. The predicted molar refractivity (Wildman–Crippen MR) is 66.1 cm³/mol. The average Bonchev–Trinajstić information content (AvgIpc) is 2.52. The Kier molecular flexibility index (Phi) is 5.38. The standard InChI is InChI=1S/C11H22N2S/c1-4-5-6-7-9(2)12-11-13-10(3)8-14-11/h9-10H,4-8H2,1-3H3,(H,12,13). The summed E-state index contributed by atoms with van der Waals surface area (Å²) in [6.07, 6.45) is 5.25. The number of nitrogens with zero attached hydrogens (tertiary/aromatic N) is 1. The Morgan fingerprint density at radius 2 is 2.36 bits per heavy atom. The molecule has 82 valence electrons. The zero-order chi connectivity index (χ0) is 10.4. The monoisotopic (exact) mass is 214 g/mol. The van der Waals surface area contributed by atoms with E-state index >= 15 is 0 Å². The number of unbranched alkanes of at least 4 members (excludes halogenated alkanes) is 2. The topological polar surface area (TPSA) is 24.4 Å². The number of rotatable bonds is 5. The fourth-order valence-corrected chi connectivity index (χ4v) is 2.55. The molecule has 0 saturated carbocycles. The van der Waals surface area contributed by atoms with Crippen molar-refractivity contribution in [1.82, 2.24) is 5.32 Å². The Labute approximate surface area is 92.0 Å². The van der Waals surface area contributed by atoms with E-state index < -0.39 is 0 Å². The van der Waals surface area contributed by atoms with Crippen molar-refractivity contribution < 1.29 is 0 Å². The van der Waals surface area contributed by atoms with Gasteiger partial charge in [0.1, 0.15) is 0 Å². The lowest BCUT2D eigenvalue weighted by molar-refractivity contribution is 0.556. The summed E-state index contributed by atoms with van der Waals surface area (Å²) in [5.74, 6) is 1.14. The van der Waals surface area contributed by atoms with Gasteiger partial charge < -0.3 is 5.32 Å². The zero-order valence-corrected chi connectivity index (χ0v) is 10.4. The molecule has 0 aromatic rings. The fourth-order valence-electron chi connectivity index (χ4n) is 1.54. The third-order valence-electron chi connectivity index (χ3n) is 2.41. The summed E-state index contributed by atoms with van der Waals surface area (Å²) < 4.78 is 0. The molecule has 1 aliphatic heterocycles. The SMILES string of the molecule is CCCCCC(C)NC1=NC(C)CS1. The first-order chi connectivity index (χ1) is 6.72. The normalized spacial score (nSPS) is 23.4. The van der Waals surface area contributed by atoms with E-state index in [2.05, 4.69) is 31.1 Å². The van der Waals surface area contributed by atoms with Crippen LogP contribution in [0.1, 0.15) is 46.5 Å². The Hall–Kier alpha value is -0.180. The predicted octanol–water partition coefficient (Wildman–Crippen LogP) is 3.04. The molecule has 0 radical (unpaired) electrons. The summed E-state index contributed by atoms with van der Waals surface area (Å²) in [5, 5.41) is 4.64. The molecule has 2 atom stereocenters. The van der Waals surface area contributed by atoms with Gasteiger partial charge in [0, 0.05) is 11.8 Å². The highest BCUT2D eigenvalue weighted by Gasteiger charge is 2.14. The first-order valence-electron chi connectivity index (χ1n) is 5.69. The number of hydrogen-bond donors (Lipinski definition) is 1. The van der Waals surface area contributed by atoms with Gasteiger partial charge in [-0.05, 0) is 20.3 Å². The van der Waals surface area contributed by atoms with Crippen molar-refractivity contribution in [3.8, 4) is 0 Å². The maximum Gasteiger partial charge on any atom is 0.157 e. The van der Waals surface area contributed by atoms with E-state index in [0.29, 0.717) is 12.1 Å². The molecule has 0 amide bonds. The quantitative estimate of drug-likeness (QED) is 0.711. The largest absolute Gasteiger partial charge is 0.362 e. The van der Waals surface area contributed by atoms with Crippen molar-refractivity contribution >= 4 is 16.9 Å². The van der Waals surface area contributed by atoms with Crippen LogP contribution >= 0.6 is 11.8 Å². The van der Waals surface area contributed by atoms with Crippen LogP contribution in [0.2, 0.25) is 0 Å². The third-order valence-corrected chi connectivity index (χ3v) is 3.56. The van der Waals surface area contributed by atoms with Crippen molar-refractivity contribution in [2.24, 2.45) is 4.99 Å². The zero-order valence-electron chi connectivity index (χ0n) is 9.55. The molecule has 0 aliphatic carbocycles. The molecule has 1 N–H and O–H groups in total. The van der Waals surface area contributed by atoms with E-state index in [-0.39, 0.29) is 0 Å². The second-order valence-electron chi connectivity index (χ2n) is 4.14. The number of amidine groups is 1. The molecule has 1 rings (SSSR count). The lowest BCUT2D eigenvalue weighted by atomic mass is 10.1. The smallest absolute Gasteiger partial charge is 0.157 e. The van der Waals surface area contributed by atoms with E-state index in [1.807, 2.05) is 11.8 Å². The van der Waals surface area contributed by atoms with Crippen LogP contribution in [0.4, 0.5) is 0 Å². The Morgan fingerprint density at radius 1 is 1.57 bits per heavy atom. The van der Waals surface area contributed by atoms with Gasteiger partial charge in [-0.2, -0.15) is 0 Å². The molecule has 0 bridgehead atoms. The summed E-state index contributed by atoms with van der Waals surface area (Å²) in [6, 6.07) is 1.09. The summed E-state index contributed by atoms with van der Waals surface area (Å²) in [7, 11) is 0. The first-order valence-corrected chi connectivity index (χ1v) is 6.68. The van der Waals surface area contributed by atoms with Gasteiger partial charge in [0.2, 0.25) is 0 Å². The Bertz CT molecular complexity index is 192. The van der Waals surface area contributed by atoms with Gasteiger partial charge >= 0.3 is 0 Å². The van der Waals surface area contributed by atoms with Crippen LogP contribution < -0.4 is 5.32 Å². The van der Waals surface area contributed by atoms with Gasteiger partial charge in [-0.1, -0.05) is 37.9 Å². The maximum atomic E-state index is 4.53. The van der Waals surface area contributed by atoms with Crippen LogP contribution in [0.3, 0.4) is 0 Å². The van der Waals surface area contributed by atoms with Crippen LogP contribution in [0.5, 0.6) is 0 Å². The van der Waals surface area contributed by atoms with Gasteiger partial charge in [0.15, 0.2) is 5.17 Å². The van der Waals surface area contributed by atoms with Crippen LogP contribution in [-0.2, 0) is 0 Å². The molecule has 2 unspecified atom stereocenters. The van der Waals surface area contributed by atoms with Crippen LogP contribution in [-0.4, -0.2) is 23.0 Å². The molecule has 0 saturated heterocycles. The Morgan fingerprint density at radius 3 is 2.93 bits per heavy atom. The van der Waals surface area contributed by atoms with Crippen LogP contribution in [0.25, 0.3) is 0 Å². The molecular formula is C11H22N2S. The minimum absolute atomic E-state index is 0.505. The molecule has 0 aromatic carbocycles.